The number of halogens is 1. The Hall–Kier alpha value is -6.21. The van der Waals surface area contributed by atoms with E-state index in [0.717, 1.165) is 47.9 Å². The van der Waals surface area contributed by atoms with Crippen LogP contribution in [0.4, 0.5) is 10.2 Å². The molecule has 0 spiro atoms. The molecule has 2 aromatic carbocycles. The molecule has 3 atom stereocenters. The van der Waals surface area contributed by atoms with E-state index in [1.807, 2.05) is 67.5 Å². The number of terminal acetylenes is 1. The SMILES string of the molecule is C#C[C@]1(COC(=O)CC(C)(C)c2c(C)cc(C)cc2OC(C)=O)O[C@@H](n2cnc3c(NC(=O)CCCCCCC)nc(F)nc32)C[C@@H]1OC(=O)CC(C)(C)c1c(C)cc(C)cc1OC(C)=O. The zero-order valence-corrected chi connectivity index (χ0v) is 39.9. The number of fused-ring (bicyclic) bond motifs is 1. The monoisotopic (exact) mass is 911 g/mol. The van der Waals surface area contributed by atoms with Crippen LogP contribution in [0, 0.1) is 46.1 Å². The molecule has 4 aromatic rings. The molecule has 1 N–H and O–H groups in total. The standard InChI is InChI=1S/C50H62FN5O10/c1-13-15-16-17-18-19-38(59)53-45-44-46(55-47(51)54-45)56(28-52-44)39-24-37(65-41(61)26-49(11,12)43-32(6)21-30(4)23-36(43)64-34(8)58)50(14-2,66-39)27-62-40(60)25-48(9,10)42-31(5)20-29(3)22-35(42)63-33(7)57/h2,20-23,28,37,39H,13,15-19,24-27H2,1,3-12H3,(H,53,54,55,59)/t37-,39+,50+/m0/s1. The summed E-state index contributed by atoms with van der Waals surface area (Å²) in [4.78, 5) is 77.3. The van der Waals surface area contributed by atoms with Crippen LogP contribution in [0.15, 0.2) is 30.6 Å². The number of hydrogen-bond donors (Lipinski definition) is 1. The molecule has 0 aliphatic carbocycles. The fraction of sp³-hybridized carbons (Fsp3) is 0.520. The number of anilines is 1. The molecule has 1 fully saturated rings. The minimum absolute atomic E-state index is 0.0339. The molecule has 3 heterocycles. The summed E-state index contributed by atoms with van der Waals surface area (Å²) in [5.41, 5.74) is 0.936. The normalized spacial score (nSPS) is 17.3. The van der Waals surface area contributed by atoms with Crippen molar-refractivity contribution in [2.24, 2.45) is 0 Å². The molecule has 0 bridgehead atoms. The predicted molar refractivity (Wildman–Crippen MR) is 244 cm³/mol. The predicted octanol–water partition coefficient (Wildman–Crippen LogP) is 8.83. The molecule has 15 nitrogen and oxygen atoms in total. The number of imidazole rings is 1. The molecular weight excluding hydrogens is 850 g/mol. The maximum absolute atomic E-state index is 15.1. The van der Waals surface area contributed by atoms with Crippen LogP contribution in [0.25, 0.3) is 11.2 Å². The Balaban J connectivity index is 1.46. The van der Waals surface area contributed by atoms with Gasteiger partial charge in [0, 0.05) is 48.6 Å². The van der Waals surface area contributed by atoms with E-state index in [4.69, 9.17) is 30.1 Å². The van der Waals surface area contributed by atoms with Crippen molar-refractivity contribution in [1.29, 1.82) is 0 Å². The van der Waals surface area contributed by atoms with Crippen molar-refractivity contribution in [2.45, 2.75) is 163 Å². The third-order valence-electron chi connectivity index (χ3n) is 11.6. The quantitative estimate of drug-likeness (QED) is 0.0309. The van der Waals surface area contributed by atoms with E-state index < -0.39 is 65.3 Å². The zero-order chi connectivity index (χ0) is 48.7. The highest BCUT2D eigenvalue weighted by Gasteiger charge is 2.53. The van der Waals surface area contributed by atoms with Gasteiger partial charge in [0.25, 0.3) is 0 Å². The number of amides is 1. The number of carbonyl (C=O) groups excluding carboxylic acids is 5. The fourth-order valence-electron chi connectivity index (χ4n) is 9.02. The minimum atomic E-state index is -1.88. The molecule has 1 aliphatic heterocycles. The number of nitrogens with zero attached hydrogens (tertiary/aromatic N) is 4. The first-order valence-corrected chi connectivity index (χ1v) is 22.3. The van der Waals surface area contributed by atoms with Gasteiger partial charge in [-0.3, -0.25) is 28.5 Å². The van der Waals surface area contributed by atoms with Gasteiger partial charge >= 0.3 is 30.0 Å². The molecule has 66 heavy (non-hydrogen) atoms. The van der Waals surface area contributed by atoms with E-state index in [-0.39, 0.29) is 48.6 Å². The molecule has 1 aliphatic rings. The van der Waals surface area contributed by atoms with E-state index in [9.17, 15) is 24.0 Å². The number of benzene rings is 2. The summed E-state index contributed by atoms with van der Waals surface area (Å²) in [7, 11) is 0. The average molecular weight is 912 g/mol. The number of aryl methyl sites for hydroxylation is 4. The van der Waals surface area contributed by atoms with Gasteiger partial charge in [-0.1, -0.05) is 78.4 Å². The number of nitrogens with one attached hydrogen (secondary N) is 1. The van der Waals surface area contributed by atoms with Crippen LogP contribution in [-0.2, 0) is 49.0 Å². The summed E-state index contributed by atoms with van der Waals surface area (Å²) >= 11 is 0. The Morgan fingerprint density at radius 1 is 0.864 bits per heavy atom. The van der Waals surface area contributed by atoms with Crippen molar-refractivity contribution in [1.82, 2.24) is 19.5 Å². The molecule has 16 heteroatoms. The number of aromatic nitrogens is 4. The molecule has 1 amide bonds. The van der Waals surface area contributed by atoms with Crippen molar-refractivity contribution in [3.63, 3.8) is 0 Å². The molecule has 0 unspecified atom stereocenters. The maximum atomic E-state index is 15.1. The third kappa shape index (κ3) is 12.2. The maximum Gasteiger partial charge on any atom is 0.312 e. The smallest absolute Gasteiger partial charge is 0.312 e. The second-order valence-corrected chi connectivity index (χ2v) is 18.6. The van der Waals surface area contributed by atoms with E-state index in [0.29, 0.717) is 29.0 Å². The van der Waals surface area contributed by atoms with Crippen molar-refractivity contribution in [2.75, 3.05) is 11.9 Å². The van der Waals surface area contributed by atoms with Gasteiger partial charge in [-0.2, -0.15) is 14.4 Å². The molecular formula is C50H62FN5O10. The van der Waals surface area contributed by atoms with Crippen molar-refractivity contribution < 1.29 is 52.0 Å². The highest BCUT2D eigenvalue weighted by Crippen LogP contribution is 2.44. The first-order valence-electron chi connectivity index (χ1n) is 22.3. The summed E-state index contributed by atoms with van der Waals surface area (Å²) in [5, 5.41) is 2.66. The molecule has 1 saturated heterocycles. The second-order valence-electron chi connectivity index (χ2n) is 18.6. The van der Waals surface area contributed by atoms with E-state index in [1.165, 1.54) is 24.7 Å². The van der Waals surface area contributed by atoms with E-state index in [1.54, 1.807) is 12.1 Å². The highest BCUT2D eigenvalue weighted by atomic mass is 19.1. The average Bonchev–Trinajstić information content (AvgIpc) is 3.76. The first-order chi connectivity index (χ1) is 31.0. The van der Waals surface area contributed by atoms with Crippen molar-refractivity contribution in [3.8, 4) is 23.8 Å². The van der Waals surface area contributed by atoms with Crippen LogP contribution in [0.5, 0.6) is 11.5 Å². The molecule has 0 saturated carbocycles. The summed E-state index contributed by atoms with van der Waals surface area (Å²) in [5.74, 6) is 0.365. The Bertz CT molecular complexity index is 2540. The zero-order valence-electron chi connectivity index (χ0n) is 39.9. The topological polar surface area (TPSA) is 187 Å². The lowest BCUT2D eigenvalue weighted by Crippen LogP contribution is -2.46. The van der Waals surface area contributed by atoms with Crippen LogP contribution in [0.1, 0.15) is 146 Å². The fourth-order valence-corrected chi connectivity index (χ4v) is 9.02. The Morgan fingerprint density at radius 3 is 1.97 bits per heavy atom. The van der Waals surface area contributed by atoms with Gasteiger partial charge in [-0.25, -0.2) is 4.98 Å². The summed E-state index contributed by atoms with van der Waals surface area (Å²) in [6.45, 7) is 18.9. The number of rotatable bonds is 19. The van der Waals surface area contributed by atoms with E-state index >= 15 is 4.39 Å². The first kappa shape index (κ1) is 50.8. The Labute approximate surface area is 385 Å². The van der Waals surface area contributed by atoms with E-state index in [2.05, 4.69) is 33.1 Å². The Morgan fingerprint density at radius 2 is 1.42 bits per heavy atom. The van der Waals surface area contributed by atoms with Gasteiger partial charge in [0.15, 0.2) is 17.0 Å². The minimum Gasteiger partial charge on any atom is -0.461 e. The summed E-state index contributed by atoms with van der Waals surface area (Å²) in [6.07, 6.45) is 8.47. The number of unbranched alkanes of at least 4 members (excludes halogenated alkanes) is 4. The molecule has 2 aromatic heterocycles. The summed E-state index contributed by atoms with van der Waals surface area (Å²) in [6, 6.07) is 7.32. The third-order valence-corrected chi connectivity index (χ3v) is 11.6. The van der Waals surface area contributed by atoms with Crippen LogP contribution in [0.2, 0.25) is 0 Å². The largest absolute Gasteiger partial charge is 0.461 e. The Kier molecular flexibility index (Phi) is 16.1. The lowest BCUT2D eigenvalue weighted by Gasteiger charge is -2.32. The van der Waals surface area contributed by atoms with Gasteiger partial charge in [-0.05, 0) is 68.5 Å². The van der Waals surface area contributed by atoms with Crippen molar-refractivity contribution >= 4 is 46.8 Å². The lowest BCUT2D eigenvalue weighted by atomic mass is 9.78. The van der Waals surface area contributed by atoms with Gasteiger partial charge in [-0.15, -0.1) is 6.42 Å². The number of hydrogen-bond acceptors (Lipinski definition) is 13. The van der Waals surface area contributed by atoms with Gasteiger partial charge in [0.1, 0.15) is 30.4 Å². The van der Waals surface area contributed by atoms with Crippen LogP contribution in [-0.4, -0.2) is 67.6 Å². The van der Waals surface area contributed by atoms with Crippen LogP contribution >= 0.6 is 0 Å². The number of ether oxygens (including phenoxy) is 5. The highest BCUT2D eigenvalue weighted by molar-refractivity contribution is 5.96. The van der Waals surface area contributed by atoms with Gasteiger partial charge in [0.2, 0.25) is 11.5 Å². The number of esters is 4. The molecule has 5 rings (SSSR count). The van der Waals surface area contributed by atoms with Crippen LogP contribution < -0.4 is 14.8 Å². The second kappa shape index (κ2) is 21.0. The summed E-state index contributed by atoms with van der Waals surface area (Å²) < 4.78 is 46.3. The molecule has 0 radical (unpaired) electrons. The van der Waals surface area contributed by atoms with Crippen molar-refractivity contribution in [3.05, 3.63) is 70.1 Å². The van der Waals surface area contributed by atoms with Gasteiger partial charge < -0.3 is 29.0 Å². The number of carbonyl (C=O) groups is 5. The van der Waals surface area contributed by atoms with Gasteiger partial charge in [0.05, 0.1) is 19.2 Å². The lowest BCUT2D eigenvalue weighted by molar-refractivity contribution is -0.168. The van der Waals surface area contributed by atoms with Crippen LogP contribution in [0.3, 0.4) is 0 Å². The molecule has 354 valence electrons.